The number of methoxy groups -OCH3 is 4. The summed E-state index contributed by atoms with van der Waals surface area (Å²) in [6, 6.07) is 49.5. The van der Waals surface area contributed by atoms with Crippen LogP contribution in [0, 0.1) is 0 Å². The second kappa shape index (κ2) is 16.0. The third-order valence-electron chi connectivity index (χ3n) is 13.2. The maximum Gasteiger partial charge on any atom is 0.114 e. The third-order valence-corrected chi connectivity index (χ3v) is 20.2. The van der Waals surface area contributed by atoms with Crippen LogP contribution in [0.5, 0.6) is 0 Å². The lowest BCUT2D eigenvalue weighted by Crippen LogP contribution is -2.50. The van der Waals surface area contributed by atoms with Crippen molar-refractivity contribution < 1.29 is 18.9 Å². The van der Waals surface area contributed by atoms with E-state index in [0.29, 0.717) is 26.4 Å². The molecule has 0 aliphatic carbocycles. The molecule has 60 heavy (non-hydrogen) atoms. The van der Waals surface area contributed by atoms with Crippen LogP contribution in [0.4, 0.5) is 0 Å². The molecule has 6 heteroatoms. The molecule has 0 saturated carbocycles. The van der Waals surface area contributed by atoms with Crippen molar-refractivity contribution in [3.8, 4) is 66.8 Å². The van der Waals surface area contributed by atoms with Gasteiger partial charge in [-0.3, -0.25) is 0 Å². The summed E-state index contributed by atoms with van der Waals surface area (Å²) in [6.45, 7) is 12.0. The van der Waals surface area contributed by atoms with Gasteiger partial charge >= 0.3 is 0 Å². The molecule has 0 aromatic heterocycles. The highest BCUT2D eigenvalue weighted by atomic mass is 28.3. The van der Waals surface area contributed by atoms with Gasteiger partial charge in [0.1, 0.15) is 16.1 Å². The molecule has 4 nitrogen and oxygen atoms in total. The second-order valence-electron chi connectivity index (χ2n) is 17.3. The van der Waals surface area contributed by atoms with Gasteiger partial charge in [0.15, 0.2) is 0 Å². The Balaban J connectivity index is 1.36. The lowest BCUT2D eigenvalue weighted by atomic mass is 9.81. The van der Waals surface area contributed by atoms with Gasteiger partial charge in [-0.05, 0) is 110 Å². The van der Waals surface area contributed by atoms with Gasteiger partial charge in [0.2, 0.25) is 0 Å². The fourth-order valence-electron chi connectivity index (χ4n) is 10.8. The van der Waals surface area contributed by atoms with Crippen molar-refractivity contribution in [2.24, 2.45) is 0 Å². The maximum absolute atomic E-state index is 6.12. The van der Waals surface area contributed by atoms with E-state index >= 15 is 0 Å². The SMILES string of the molecule is COCc1c(COC)c(-c2ccccc2)c2c(c1-c1ccc(-c3c(COC)c(COC)c(-c4ccccc4)c4c3-c3ccccc3[Si]4(C)C)cc1)-c1ccccc1[Si]2(C)C. The largest absolute Gasteiger partial charge is 0.380 e. The van der Waals surface area contributed by atoms with Crippen LogP contribution in [0.3, 0.4) is 0 Å². The standard InChI is InChI=1S/C54H54O4Si2/c1-55-31-41-43(33-57-3)49(35-19-11-9-12-20-35)53-51(39-23-15-17-25-45(39)59(53,5)6)47(41)37-27-29-38(30-28-37)48-42(32-56-2)44(34-58-4)50(36-21-13-10-14-22-36)54-52(48)40-24-16-18-26-46(40)60(54,7)8/h9-30H,31-34H2,1-8H3. The molecule has 302 valence electrons. The first-order valence-electron chi connectivity index (χ1n) is 21.0. The van der Waals surface area contributed by atoms with Gasteiger partial charge in [-0.25, -0.2) is 0 Å². The molecule has 2 aliphatic heterocycles. The summed E-state index contributed by atoms with van der Waals surface area (Å²) in [5.74, 6) is 0. The van der Waals surface area contributed by atoms with E-state index in [-0.39, 0.29) is 0 Å². The second-order valence-corrected chi connectivity index (χ2v) is 25.9. The molecule has 0 bridgehead atoms. The van der Waals surface area contributed by atoms with Crippen molar-refractivity contribution in [1.29, 1.82) is 0 Å². The minimum absolute atomic E-state index is 0.469. The van der Waals surface area contributed by atoms with Crippen LogP contribution < -0.4 is 20.7 Å². The summed E-state index contributed by atoms with van der Waals surface area (Å²) in [6.07, 6.45) is 0. The summed E-state index contributed by atoms with van der Waals surface area (Å²) in [5, 5.41) is 5.90. The van der Waals surface area contributed by atoms with E-state index in [1.54, 1.807) is 0 Å². The van der Waals surface area contributed by atoms with E-state index in [2.05, 4.69) is 160 Å². The smallest absolute Gasteiger partial charge is 0.114 e. The first-order valence-corrected chi connectivity index (χ1v) is 27.0. The molecule has 2 aliphatic rings. The monoisotopic (exact) mass is 822 g/mol. The van der Waals surface area contributed by atoms with Crippen molar-refractivity contribution >= 4 is 36.9 Å². The molecular formula is C54H54O4Si2. The molecule has 9 rings (SSSR count). The molecule has 0 fully saturated rings. The van der Waals surface area contributed by atoms with Gasteiger partial charge < -0.3 is 18.9 Å². The summed E-state index contributed by atoms with van der Waals surface area (Å²) in [4.78, 5) is 0. The zero-order valence-corrected chi connectivity index (χ0v) is 38.2. The molecule has 0 spiro atoms. The first kappa shape index (κ1) is 40.2. The van der Waals surface area contributed by atoms with Gasteiger partial charge in [0.05, 0.1) is 26.4 Å². The molecular weight excluding hydrogens is 769 g/mol. The molecule has 0 N–H and O–H groups in total. The lowest BCUT2D eigenvalue weighted by molar-refractivity contribution is 0.169. The van der Waals surface area contributed by atoms with E-state index in [9.17, 15) is 0 Å². The number of fused-ring (bicyclic) bond motifs is 6. The molecule has 0 unspecified atom stereocenters. The molecule has 2 heterocycles. The fourth-order valence-corrected chi connectivity index (χ4v) is 17.7. The van der Waals surface area contributed by atoms with Crippen LogP contribution in [0.15, 0.2) is 133 Å². The fraction of sp³-hybridized carbons (Fsp3) is 0.222. The Labute approximate surface area is 357 Å². The van der Waals surface area contributed by atoms with Crippen LogP contribution in [0.1, 0.15) is 22.3 Å². The number of rotatable bonds is 12. The van der Waals surface area contributed by atoms with E-state index in [4.69, 9.17) is 18.9 Å². The average Bonchev–Trinajstić information content (AvgIpc) is 3.65. The predicted octanol–water partition coefficient (Wildman–Crippen LogP) is 10.5. The zero-order chi connectivity index (χ0) is 41.8. The van der Waals surface area contributed by atoms with E-state index in [1.807, 2.05) is 28.4 Å². The first-order chi connectivity index (χ1) is 29.2. The normalized spacial score (nSPS) is 14.1. The van der Waals surface area contributed by atoms with Crippen molar-refractivity contribution in [1.82, 2.24) is 0 Å². The average molecular weight is 823 g/mol. The van der Waals surface area contributed by atoms with Gasteiger partial charge in [0.25, 0.3) is 0 Å². The predicted molar refractivity (Wildman–Crippen MR) is 255 cm³/mol. The van der Waals surface area contributed by atoms with Crippen molar-refractivity contribution in [2.45, 2.75) is 52.6 Å². The summed E-state index contributed by atoms with van der Waals surface area (Å²) in [5.41, 5.74) is 20.1. The molecule has 0 saturated heterocycles. The summed E-state index contributed by atoms with van der Waals surface area (Å²) < 4.78 is 24.4. The molecule has 0 radical (unpaired) electrons. The van der Waals surface area contributed by atoms with Crippen LogP contribution in [0.25, 0.3) is 66.8 Å². The number of ether oxygens (including phenoxy) is 4. The third kappa shape index (κ3) is 6.23. The zero-order valence-electron chi connectivity index (χ0n) is 36.2. The van der Waals surface area contributed by atoms with Crippen LogP contribution in [0.2, 0.25) is 26.2 Å². The highest BCUT2D eigenvalue weighted by Crippen LogP contribution is 2.48. The van der Waals surface area contributed by atoms with E-state index in [0.717, 1.165) is 0 Å². The maximum atomic E-state index is 6.12. The Bertz CT molecular complexity index is 2550. The minimum Gasteiger partial charge on any atom is -0.380 e. The topological polar surface area (TPSA) is 36.9 Å². The molecule has 7 aromatic carbocycles. The number of benzene rings is 7. The summed E-state index contributed by atoms with van der Waals surface area (Å²) in [7, 11) is 2.87. The molecule has 0 atom stereocenters. The minimum atomic E-state index is -2.18. The van der Waals surface area contributed by atoms with E-state index in [1.165, 1.54) is 110 Å². The van der Waals surface area contributed by atoms with Gasteiger partial charge in [0, 0.05) is 28.4 Å². The highest BCUT2D eigenvalue weighted by Gasteiger charge is 2.45. The molecule has 0 amide bonds. The lowest BCUT2D eigenvalue weighted by Gasteiger charge is -2.29. The summed E-state index contributed by atoms with van der Waals surface area (Å²) >= 11 is 0. The van der Waals surface area contributed by atoms with Crippen molar-refractivity contribution in [3.63, 3.8) is 0 Å². The Kier molecular flexibility index (Phi) is 10.7. The van der Waals surface area contributed by atoms with Crippen LogP contribution >= 0.6 is 0 Å². The van der Waals surface area contributed by atoms with Crippen molar-refractivity contribution in [3.05, 3.63) is 156 Å². The Morgan fingerprint density at radius 3 is 0.933 bits per heavy atom. The Morgan fingerprint density at radius 1 is 0.317 bits per heavy atom. The number of hydrogen-bond donors (Lipinski definition) is 0. The Hall–Kier alpha value is -5.19. The van der Waals surface area contributed by atoms with Crippen LogP contribution in [-0.4, -0.2) is 44.6 Å². The molecule has 7 aromatic rings. The van der Waals surface area contributed by atoms with Gasteiger partial charge in [-0.15, -0.1) is 0 Å². The van der Waals surface area contributed by atoms with Gasteiger partial charge in [-0.1, -0.05) is 160 Å². The van der Waals surface area contributed by atoms with Gasteiger partial charge in [-0.2, -0.15) is 0 Å². The van der Waals surface area contributed by atoms with Crippen LogP contribution in [-0.2, 0) is 45.4 Å². The van der Waals surface area contributed by atoms with Crippen molar-refractivity contribution in [2.75, 3.05) is 28.4 Å². The number of hydrogen-bond acceptors (Lipinski definition) is 4. The highest BCUT2D eigenvalue weighted by molar-refractivity contribution is 7.05. The Morgan fingerprint density at radius 2 is 0.600 bits per heavy atom. The van der Waals surface area contributed by atoms with E-state index < -0.39 is 16.1 Å². The quantitative estimate of drug-likeness (QED) is 0.115.